The van der Waals surface area contributed by atoms with Gasteiger partial charge in [-0.15, -0.1) is 12.6 Å². The summed E-state index contributed by atoms with van der Waals surface area (Å²) >= 11 is 4.25. The van der Waals surface area contributed by atoms with Crippen LogP contribution in [0.25, 0.3) is 0 Å². The zero-order chi connectivity index (χ0) is 10.9. The largest absolute Gasteiger partial charge is 0.366 e. The zero-order valence-electron chi connectivity index (χ0n) is 8.42. The molecule has 1 aliphatic heterocycles. The first kappa shape index (κ1) is 10.6. The molecule has 0 aromatic heterocycles. The number of hydroxylamine groups is 2. The van der Waals surface area contributed by atoms with Crippen LogP contribution in [0, 0.1) is 0 Å². The molecule has 1 aliphatic carbocycles. The van der Waals surface area contributed by atoms with Crippen LogP contribution in [-0.4, -0.2) is 29.1 Å². The summed E-state index contributed by atoms with van der Waals surface area (Å²) in [6.45, 7) is 0. The van der Waals surface area contributed by atoms with Crippen LogP contribution in [0.4, 0.5) is 0 Å². The fourth-order valence-electron chi connectivity index (χ4n) is 1.34. The maximum Gasteiger partial charge on any atom is 0.363 e. The summed E-state index contributed by atoms with van der Waals surface area (Å²) < 4.78 is 5.12. The zero-order valence-corrected chi connectivity index (χ0v) is 9.31. The number of methoxy groups -OCH3 is 1. The van der Waals surface area contributed by atoms with Gasteiger partial charge in [-0.3, -0.25) is 0 Å². The highest BCUT2D eigenvalue weighted by molar-refractivity contribution is 7.81. The summed E-state index contributed by atoms with van der Waals surface area (Å²) in [5.74, 6) is -0.344. The Morgan fingerprint density at radius 3 is 2.80 bits per heavy atom. The van der Waals surface area contributed by atoms with Gasteiger partial charge in [0, 0.05) is 13.3 Å². The molecular formula is C10H13NO3S. The lowest BCUT2D eigenvalue weighted by atomic mass is 10.3. The van der Waals surface area contributed by atoms with Crippen LogP contribution < -0.4 is 0 Å². The average Bonchev–Trinajstić information content (AvgIpc) is 3.02. The first-order chi connectivity index (χ1) is 7.18. The monoisotopic (exact) mass is 227 g/mol. The van der Waals surface area contributed by atoms with E-state index in [0.717, 1.165) is 12.8 Å². The summed E-state index contributed by atoms with van der Waals surface area (Å²) in [4.78, 5) is 16.9. The van der Waals surface area contributed by atoms with Crippen molar-refractivity contribution in [3.63, 3.8) is 0 Å². The standard InChI is InChI=1S/C10H13NO3S/c1-13-10(5-6-10)9(12)14-11-7-3-2-4-8(11)15/h2-4,7-8,15H,5-6H2,1H3. The van der Waals surface area contributed by atoms with Gasteiger partial charge in [-0.05, 0) is 25.0 Å². The fourth-order valence-corrected chi connectivity index (χ4v) is 1.56. The Morgan fingerprint density at radius 2 is 2.27 bits per heavy atom. The van der Waals surface area contributed by atoms with Gasteiger partial charge < -0.3 is 9.57 Å². The molecule has 0 bridgehead atoms. The van der Waals surface area contributed by atoms with Crippen LogP contribution in [0.3, 0.4) is 0 Å². The van der Waals surface area contributed by atoms with E-state index in [1.54, 1.807) is 12.3 Å². The highest BCUT2D eigenvalue weighted by Crippen LogP contribution is 2.40. The number of carbonyl (C=O) groups is 1. The van der Waals surface area contributed by atoms with E-state index in [-0.39, 0.29) is 11.3 Å². The normalized spacial score (nSPS) is 26.5. The average molecular weight is 227 g/mol. The summed E-state index contributed by atoms with van der Waals surface area (Å²) in [7, 11) is 1.53. The van der Waals surface area contributed by atoms with Crippen LogP contribution in [0.5, 0.6) is 0 Å². The van der Waals surface area contributed by atoms with Gasteiger partial charge in [-0.25, -0.2) is 4.79 Å². The summed E-state index contributed by atoms with van der Waals surface area (Å²) in [6.07, 6.45) is 8.58. The number of allylic oxidation sites excluding steroid dienone is 2. The third kappa shape index (κ3) is 2.03. The van der Waals surface area contributed by atoms with Crippen LogP contribution >= 0.6 is 12.6 Å². The Bertz CT molecular complexity index is 323. The molecule has 1 heterocycles. The van der Waals surface area contributed by atoms with Gasteiger partial charge in [0.05, 0.1) is 0 Å². The molecule has 2 rings (SSSR count). The number of hydrogen-bond donors (Lipinski definition) is 1. The number of nitrogens with zero attached hydrogens (tertiary/aromatic N) is 1. The Balaban J connectivity index is 1.95. The van der Waals surface area contributed by atoms with Gasteiger partial charge in [-0.1, -0.05) is 6.08 Å². The second-order valence-corrected chi connectivity index (χ2v) is 4.11. The van der Waals surface area contributed by atoms with E-state index in [0.29, 0.717) is 0 Å². The van der Waals surface area contributed by atoms with Gasteiger partial charge in [0.2, 0.25) is 0 Å². The van der Waals surface area contributed by atoms with Gasteiger partial charge in [0.25, 0.3) is 0 Å². The topological polar surface area (TPSA) is 38.8 Å². The number of hydrogen-bond acceptors (Lipinski definition) is 5. The minimum Gasteiger partial charge on any atom is -0.366 e. The Kier molecular flexibility index (Phi) is 2.75. The van der Waals surface area contributed by atoms with Crippen molar-refractivity contribution in [2.45, 2.75) is 23.8 Å². The fraction of sp³-hybridized carbons (Fsp3) is 0.500. The molecule has 82 valence electrons. The predicted molar refractivity (Wildman–Crippen MR) is 58.0 cm³/mol. The van der Waals surface area contributed by atoms with E-state index in [1.807, 2.05) is 12.2 Å². The highest BCUT2D eigenvalue weighted by atomic mass is 32.1. The molecule has 0 N–H and O–H groups in total. The first-order valence-electron chi connectivity index (χ1n) is 4.77. The van der Waals surface area contributed by atoms with Crippen molar-refractivity contribution in [1.82, 2.24) is 5.06 Å². The SMILES string of the molecule is COC1(C(=O)ON2C=CC=CC2S)CC1. The molecule has 1 saturated carbocycles. The second kappa shape index (κ2) is 3.90. The first-order valence-corrected chi connectivity index (χ1v) is 5.28. The molecule has 0 radical (unpaired) electrons. The van der Waals surface area contributed by atoms with Crippen LogP contribution in [-0.2, 0) is 14.4 Å². The summed E-state index contributed by atoms with van der Waals surface area (Å²) in [6, 6.07) is 0. The van der Waals surface area contributed by atoms with Gasteiger partial charge in [0.1, 0.15) is 5.37 Å². The van der Waals surface area contributed by atoms with E-state index >= 15 is 0 Å². The summed E-state index contributed by atoms with van der Waals surface area (Å²) in [5, 5.41) is 1.18. The molecule has 1 unspecified atom stereocenters. The molecule has 0 aromatic carbocycles. The number of thiol groups is 1. The van der Waals surface area contributed by atoms with Crippen molar-refractivity contribution in [1.29, 1.82) is 0 Å². The van der Waals surface area contributed by atoms with Crippen molar-refractivity contribution in [2.75, 3.05) is 7.11 Å². The molecule has 0 amide bonds. The van der Waals surface area contributed by atoms with Crippen LogP contribution in [0.2, 0.25) is 0 Å². The van der Waals surface area contributed by atoms with Crippen molar-refractivity contribution in [2.24, 2.45) is 0 Å². The van der Waals surface area contributed by atoms with Gasteiger partial charge >= 0.3 is 5.97 Å². The number of ether oxygens (including phenoxy) is 1. The highest BCUT2D eigenvalue weighted by Gasteiger charge is 2.53. The molecule has 5 heteroatoms. The Hall–Kier alpha value is -0.940. The molecule has 0 aromatic rings. The van der Waals surface area contributed by atoms with Crippen LogP contribution in [0.15, 0.2) is 24.4 Å². The molecule has 2 aliphatic rings. The predicted octanol–water partition coefficient (Wildman–Crippen LogP) is 1.27. The van der Waals surface area contributed by atoms with E-state index < -0.39 is 5.60 Å². The van der Waals surface area contributed by atoms with Crippen molar-refractivity contribution < 1.29 is 14.4 Å². The van der Waals surface area contributed by atoms with Gasteiger partial charge in [-0.2, -0.15) is 5.06 Å². The summed E-state index contributed by atoms with van der Waals surface area (Å²) in [5.41, 5.74) is -0.706. The van der Waals surface area contributed by atoms with Crippen LogP contribution in [0.1, 0.15) is 12.8 Å². The molecule has 1 atom stereocenters. The van der Waals surface area contributed by atoms with E-state index in [1.165, 1.54) is 12.2 Å². The smallest absolute Gasteiger partial charge is 0.363 e. The minimum atomic E-state index is -0.706. The van der Waals surface area contributed by atoms with E-state index in [9.17, 15) is 4.79 Å². The van der Waals surface area contributed by atoms with Crippen molar-refractivity contribution in [3.05, 3.63) is 24.4 Å². The van der Waals surface area contributed by atoms with E-state index in [4.69, 9.17) is 9.57 Å². The molecule has 0 saturated heterocycles. The minimum absolute atomic E-state index is 0.230. The molecule has 4 nitrogen and oxygen atoms in total. The number of carbonyl (C=O) groups excluding carboxylic acids is 1. The van der Waals surface area contributed by atoms with Gasteiger partial charge in [0.15, 0.2) is 5.60 Å². The second-order valence-electron chi connectivity index (χ2n) is 3.58. The lowest BCUT2D eigenvalue weighted by Gasteiger charge is -2.26. The Morgan fingerprint density at radius 1 is 1.53 bits per heavy atom. The Labute approximate surface area is 93.9 Å². The van der Waals surface area contributed by atoms with Crippen molar-refractivity contribution in [3.8, 4) is 0 Å². The number of rotatable bonds is 3. The molecule has 1 fully saturated rings. The molecular weight excluding hydrogens is 214 g/mol. The van der Waals surface area contributed by atoms with Crippen molar-refractivity contribution >= 4 is 18.6 Å². The molecule has 15 heavy (non-hydrogen) atoms. The molecule has 0 spiro atoms. The third-order valence-corrected chi connectivity index (χ3v) is 2.94. The lowest BCUT2D eigenvalue weighted by Crippen LogP contribution is -2.36. The third-order valence-electron chi connectivity index (χ3n) is 2.54. The van der Waals surface area contributed by atoms with E-state index in [2.05, 4.69) is 12.6 Å². The quantitative estimate of drug-likeness (QED) is 0.737. The lowest BCUT2D eigenvalue weighted by molar-refractivity contribution is -0.193. The maximum atomic E-state index is 11.7. The maximum absolute atomic E-state index is 11.7.